The van der Waals surface area contributed by atoms with Crippen LogP contribution in [0.4, 0.5) is 5.82 Å². The van der Waals surface area contributed by atoms with Gasteiger partial charge in [0, 0.05) is 11.1 Å². The molecule has 1 aromatic heterocycles. The Morgan fingerprint density at radius 2 is 2.05 bits per heavy atom. The molecule has 0 aliphatic carbocycles. The van der Waals surface area contributed by atoms with Gasteiger partial charge in [-0.3, -0.25) is 4.79 Å². The number of thioether (sulfide) groups is 1. The molecule has 1 aliphatic rings. The van der Waals surface area contributed by atoms with Crippen molar-refractivity contribution in [3.63, 3.8) is 0 Å². The van der Waals surface area contributed by atoms with Crippen molar-refractivity contribution < 1.29 is 4.79 Å². The zero-order valence-electron chi connectivity index (χ0n) is 10.2. The van der Waals surface area contributed by atoms with Gasteiger partial charge in [0.1, 0.15) is 11.1 Å². The van der Waals surface area contributed by atoms with Crippen LogP contribution in [0.1, 0.15) is 10.9 Å². The molecular formula is C14H10Cl2N2OS. The van der Waals surface area contributed by atoms with E-state index in [-0.39, 0.29) is 16.5 Å². The molecule has 0 fully saturated rings. The number of carbonyl (C=O) groups is 1. The number of amides is 1. The molecule has 1 amide bonds. The number of fused-ring (bicyclic) bond motifs is 1. The van der Waals surface area contributed by atoms with E-state index in [1.165, 1.54) is 18.0 Å². The van der Waals surface area contributed by atoms with Gasteiger partial charge in [-0.25, -0.2) is 4.98 Å². The smallest absolute Gasteiger partial charge is 0.240 e. The first-order chi connectivity index (χ1) is 9.65. The molecule has 0 spiro atoms. The minimum Gasteiger partial charge on any atom is -0.310 e. The van der Waals surface area contributed by atoms with Crippen LogP contribution in [-0.2, 0) is 4.79 Å². The maximum absolute atomic E-state index is 12.3. The number of carbonyl (C=O) groups excluding carboxylic acids is 1. The number of pyridine rings is 1. The second kappa shape index (κ2) is 5.64. The monoisotopic (exact) mass is 324 g/mol. The van der Waals surface area contributed by atoms with Gasteiger partial charge in [0.05, 0.1) is 10.4 Å². The lowest BCUT2D eigenvalue weighted by atomic mass is 10.1. The molecule has 0 bridgehead atoms. The molecule has 102 valence electrons. The standard InChI is InChI=1S/C14H10Cl2N2OS/c15-8-5-6-11(17-7-8)18-14(19)13-12(16)9-3-1-2-4-10(9)20-13/h1-7,12-13H,(H,17,18,19). The van der Waals surface area contributed by atoms with Gasteiger partial charge in [0.25, 0.3) is 0 Å². The van der Waals surface area contributed by atoms with Crippen molar-refractivity contribution in [3.05, 3.63) is 53.2 Å². The Labute approximate surface area is 130 Å². The van der Waals surface area contributed by atoms with Crippen LogP contribution in [0.2, 0.25) is 5.02 Å². The number of hydrogen-bond donors (Lipinski definition) is 1. The van der Waals surface area contributed by atoms with E-state index in [2.05, 4.69) is 10.3 Å². The molecule has 3 nitrogen and oxygen atoms in total. The van der Waals surface area contributed by atoms with Crippen LogP contribution in [-0.4, -0.2) is 16.1 Å². The number of alkyl halides is 1. The average molecular weight is 325 g/mol. The van der Waals surface area contributed by atoms with Crippen LogP contribution in [0.5, 0.6) is 0 Å². The van der Waals surface area contributed by atoms with Crippen LogP contribution in [0.25, 0.3) is 0 Å². The van der Waals surface area contributed by atoms with E-state index >= 15 is 0 Å². The fraction of sp³-hybridized carbons (Fsp3) is 0.143. The zero-order chi connectivity index (χ0) is 14.1. The van der Waals surface area contributed by atoms with Crippen molar-refractivity contribution in [2.75, 3.05) is 5.32 Å². The number of anilines is 1. The summed E-state index contributed by atoms with van der Waals surface area (Å²) < 4.78 is 0. The topological polar surface area (TPSA) is 42.0 Å². The minimum absolute atomic E-state index is 0.152. The zero-order valence-corrected chi connectivity index (χ0v) is 12.5. The Morgan fingerprint density at radius 1 is 1.25 bits per heavy atom. The van der Waals surface area contributed by atoms with Crippen LogP contribution >= 0.6 is 35.0 Å². The largest absolute Gasteiger partial charge is 0.310 e. The van der Waals surface area contributed by atoms with Crippen LogP contribution < -0.4 is 5.32 Å². The highest BCUT2D eigenvalue weighted by Gasteiger charge is 2.36. The van der Waals surface area contributed by atoms with Crippen molar-refractivity contribution in [2.45, 2.75) is 15.5 Å². The van der Waals surface area contributed by atoms with E-state index in [0.29, 0.717) is 10.8 Å². The number of rotatable bonds is 2. The lowest BCUT2D eigenvalue weighted by Gasteiger charge is -2.13. The number of aromatic nitrogens is 1. The fourth-order valence-electron chi connectivity index (χ4n) is 2.01. The van der Waals surface area contributed by atoms with E-state index in [9.17, 15) is 4.79 Å². The third-order valence-corrected chi connectivity index (χ3v) is 5.20. The van der Waals surface area contributed by atoms with Gasteiger partial charge in [0.15, 0.2) is 0 Å². The van der Waals surface area contributed by atoms with E-state index in [1.807, 2.05) is 24.3 Å². The molecular weight excluding hydrogens is 315 g/mol. The summed E-state index contributed by atoms with van der Waals surface area (Å²) >= 11 is 13.6. The summed E-state index contributed by atoms with van der Waals surface area (Å²) in [5, 5.41) is 2.61. The number of halogens is 2. The highest BCUT2D eigenvalue weighted by molar-refractivity contribution is 8.01. The van der Waals surface area contributed by atoms with Crippen LogP contribution in [0.15, 0.2) is 47.5 Å². The van der Waals surface area contributed by atoms with Gasteiger partial charge < -0.3 is 5.32 Å². The second-order valence-electron chi connectivity index (χ2n) is 4.33. The van der Waals surface area contributed by atoms with E-state index in [1.54, 1.807) is 12.1 Å². The van der Waals surface area contributed by atoms with Gasteiger partial charge in [-0.15, -0.1) is 23.4 Å². The number of nitrogens with one attached hydrogen (secondary N) is 1. The first-order valence-electron chi connectivity index (χ1n) is 5.97. The molecule has 0 saturated carbocycles. The maximum Gasteiger partial charge on any atom is 0.240 e. The molecule has 2 aromatic rings. The highest BCUT2D eigenvalue weighted by atomic mass is 35.5. The molecule has 6 heteroatoms. The second-order valence-corrected chi connectivity index (χ2v) is 6.42. The molecule has 2 heterocycles. The van der Waals surface area contributed by atoms with Gasteiger partial charge in [-0.05, 0) is 23.8 Å². The van der Waals surface area contributed by atoms with Crippen LogP contribution in [0, 0.1) is 0 Å². The summed E-state index contributed by atoms with van der Waals surface area (Å²) in [7, 11) is 0. The lowest BCUT2D eigenvalue weighted by Crippen LogP contribution is -2.26. The fourth-order valence-corrected chi connectivity index (χ4v) is 3.84. The molecule has 1 N–H and O–H groups in total. The quantitative estimate of drug-likeness (QED) is 0.844. The summed E-state index contributed by atoms with van der Waals surface area (Å²) in [5.74, 6) is 0.320. The average Bonchev–Trinajstić information content (AvgIpc) is 2.79. The molecule has 3 rings (SSSR count). The Bertz CT molecular complexity index is 648. The van der Waals surface area contributed by atoms with Crippen LogP contribution in [0.3, 0.4) is 0 Å². The maximum atomic E-state index is 12.3. The summed E-state index contributed by atoms with van der Waals surface area (Å²) in [5.41, 5.74) is 1.00. The van der Waals surface area contributed by atoms with Gasteiger partial charge >= 0.3 is 0 Å². The van der Waals surface area contributed by atoms with E-state index in [4.69, 9.17) is 23.2 Å². The number of hydrogen-bond acceptors (Lipinski definition) is 3. The predicted molar refractivity (Wildman–Crippen MR) is 82.6 cm³/mol. The first kappa shape index (κ1) is 13.7. The van der Waals surface area contributed by atoms with Crippen molar-refractivity contribution >= 4 is 46.7 Å². The predicted octanol–water partition coefficient (Wildman–Crippen LogP) is 4.13. The normalized spacial score (nSPS) is 20.5. The molecule has 1 aliphatic heterocycles. The minimum atomic E-state index is -0.355. The van der Waals surface area contributed by atoms with E-state index in [0.717, 1.165) is 10.5 Å². The van der Waals surface area contributed by atoms with Crippen molar-refractivity contribution in [2.24, 2.45) is 0 Å². The molecule has 0 saturated heterocycles. The Morgan fingerprint density at radius 3 is 2.75 bits per heavy atom. The van der Waals surface area contributed by atoms with Crippen molar-refractivity contribution in [1.82, 2.24) is 4.98 Å². The van der Waals surface area contributed by atoms with E-state index < -0.39 is 0 Å². The van der Waals surface area contributed by atoms with Crippen molar-refractivity contribution in [3.8, 4) is 0 Å². The Kier molecular flexibility index (Phi) is 3.87. The summed E-state index contributed by atoms with van der Waals surface area (Å²) in [6.07, 6.45) is 1.49. The molecule has 2 unspecified atom stereocenters. The number of benzene rings is 1. The molecule has 0 radical (unpaired) electrons. The molecule has 1 aromatic carbocycles. The molecule has 20 heavy (non-hydrogen) atoms. The number of nitrogens with zero attached hydrogens (tertiary/aromatic N) is 1. The van der Waals surface area contributed by atoms with Gasteiger partial charge in [-0.2, -0.15) is 0 Å². The SMILES string of the molecule is O=C(Nc1ccc(Cl)cn1)C1Sc2ccccc2C1Cl. The Balaban J connectivity index is 1.75. The Hall–Kier alpha value is -1.23. The summed E-state index contributed by atoms with van der Waals surface area (Å²) in [6.45, 7) is 0. The molecule has 2 atom stereocenters. The summed E-state index contributed by atoms with van der Waals surface area (Å²) in [4.78, 5) is 17.4. The lowest BCUT2D eigenvalue weighted by molar-refractivity contribution is -0.115. The third-order valence-electron chi connectivity index (χ3n) is 2.97. The highest BCUT2D eigenvalue weighted by Crippen LogP contribution is 2.47. The first-order valence-corrected chi connectivity index (χ1v) is 7.66. The van der Waals surface area contributed by atoms with Gasteiger partial charge in [-0.1, -0.05) is 29.8 Å². The van der Waals surface area contributed by atoms with Gasteiger partial charge in [0.2, 0.25) is 5.91 Å². The van der Waals surface area contributed by atoms with Crippen molar-refractivity contribution in [1.29, 1.82) is 0 Å². The summed E-state index contributed by atoms with van der Waals surface area (Å²) in [6, 6.07) is 11.1. The third kappa shape index (κ3) is 2.64.